The van der Waals surface area contributed by atoms with Crippen LogP contribution in [0.4, 0.5) is 0 Å². The summed E-state index contributed by atoms with van der Waals surface area (Å²) in [5.74, 6) is -0.833. The lowest BCUT2D eigenvalue weighted by Crippen LogP contribution is -2.09. The van der Waals surface area contributed by atoms with Gasteiger partial charge in [-0.25, -0.2) is 0 Å². The van der Waals surface area contributed by atoms with Crippen LogP contribution in [0.5, 0.6) is 0 Å². The molecule has 4 heteroatoms. The quantitative estimate of drug-likeness (QED) is 0.584. The van der Waals surface area contributed by atoms with Gasteiger partial charge < -0.3 is 15.5 Å². The molecule has 0 amide bonds. The predicted molar refractivity (Wildman–Crippen MR) is 50.3 cm³/mol. The third-order valence-corrected chi connectivity index (χ3v) is 0.500. The van der Waals surface area contributed by atoms with Crippen molar-refractivity contribution in [2.75, 3.05) is 19.7 Å². The van der Waals surface area contributed by atoms with Gasteiger partial charge in [0, 0.05) is 13.5 Å². The summed E-state index contributed by atoms with van der Waals surface area (Å²) in [5.41, 5.74) is 0. The molecule has 0 saturated carbocycles. The molecule has 0 spiro atoms. The van der Waals surface area contributed by atoms with Gasteiger partial charge in [0.2, 0.25) is 0 Å². The van der Waals surface area contributed by atoms with Gasteiger partial charge in [-0.3, -0.25) is 4.79 Å². The molecule has 4 nitrogen and oxygen atoms in total. The Morgan fingerprint density at radius 2 is 1.42 bits per heavy atom. The maximum Gasteiger partial charge on any atom is 0.300 e. The number of aliphatic hydroxyl groups is 1. The fourth-order valence-corrected chi connectivity index (χ4v) is 0.250. The van der Waals surface area contributed by atoms with E-state index in [9.17, 15) is 0 Å². The average molecular weight is 179 g/mol. The van der Waals surface area contributed by atoms with Gasteiger partial charge >= 0.3 is 0 Å². The molecule has 0 aliphatic heterocycles. The van der Waals surface area contributed by atoms with Gasteiger partial charge in [-0.05, 0) is 20.0 Å². The van der Waals surface area contributed by atoms with E-state index in [1.165, 1.54) is 0 Å². The summed E-state index contributed by atoms with van der Waals surface area (Å²) in [4.78, 5) is 9.00. The number of aliphatic carboxylic acids is 1. The van der Waals surface area contributed by atoms with Crippen molar-refractivity contribution in [1.29, 1.82) is 0 Å². The first-order valence-corrected chi connectivity index (χ1v) is 4.07. The van der Waals surface area contributed by atoms with Crippen LogP contribution in [-0.4, -0.2) is 35.9 Å². The van der Waals surface area contributed by atoms with Crippen LogP contribution in [0.1, 0.15) is 27.7 Å². The van der Waals surface area contributed by atoms with Crippen LogP contribution in [0.2, 0.25) is 0 Å². The molecule has 0 fully saturated rings. The third-order valence-electron chi connectivity index (χ3n) is 0.500. The number of rotatable bonds is 2. The first-order valence-electron chi connectivity index (χ1n) is 4.07. The van der Waals surface area contributed by atoms with E-state index in [2.05, 4.69) is 19.2 Å². The maximum absolute atomic E-state index is 9.00. The van der Waals surface area contributed by atoms with Gasteiger partial charge in [0.15, 0.2) is 0 Å². The van der Waals surface area contributed by atoms with Crippen LogP contribution >= 0.6 is 0 Å². The zero-order chi connectivity index (χ0) is 10.4. The Kier molecular flexibility index (Phi) is 32.7. The van der Waals surface area contributed by atoms with E-state index in [0.29, 0.717) is 0 Å². The molecule has 0 aliphatic rings. The number of carbonyl (C=O) groups is 1. The molecular formula is C8H21NO3. The molecule has 0 rings (SSSR count). The molecule has 12 heavy (non-hydrogen) atoms. The molecule has 0 atom stereocenters. The molecule has 0 heterocycles. The van der Waals surface area contributed by atoms with Crippen LogP contribution in [-0.2, 0) is 4.79 Å². The van der Waals surface area contributed by atoms with Gasteiger partial charge in [0.1, 0.15) is 0 Å². The lowest BCUT2D eigenvalue weighted by atomic mass is 10.7. The lowest BCUT2D eigenvalue weighted by molar-refractivity contribution is -0.134. The van der Waals surface area contributed by atoms with Crippen LogP contribution in [0.15, 0.2) is 0 Å². The van der Waals surface area contributed by atoms with E-state index >= 15 is 0 Å². The largest absolute Gasteiger partial charge is 0.481 e. The first-order chi connectivity index (χ1) is 5.56. The van der Waals surface area contributed by atoms with Crippen LogP contribution < -0.4 is 5.32 Å². The van der Waals surface area contributed by atoms with Crippen molar-refractivity contribution >= 4 is 5.97 Å². The number of nitrogens with one attached hydrogen (secondary N) is 1. The van der Waals surface area contributed by atoms with E-state index in [0.717, 1.165) is 20.0 Å². The molecule has 0 aliphatic carbocycles. The van der Waals surface area contributed by atoms with Crippen molar-refractivity contribution in [1.82, 2.24) is 5.32 Å². The van der Waals surface area contributed by atoms with Crippen molar-refractivity contribution in [3.05, 3.63) is 0 Å². The van der Waals surface area contributed by atoms with Crippen molar-refractivity contribution in [2.24, 2.45) is 0 Å². The summed E-state index contributed by atoms with van der Waals surface area (Å²) < 4.78 is 0. The first kappa shape index (κ1) is 17.5. The fourth-order valence-electron chi connectivity index (χ4n) is 0.250. The smallest absolute Gasteiger partial charge is 0.300 e. The number of carboxylic acid groups (broad SMARTS) is 1. The summed E-state index contributed by atoms with van der Waals surface area (Å²) in [6, 6.07) is 0. The Labute approximate surface area is 74.6 Å². The van der Waals surface area contributed by atoms with Crippen molar-refractivity contribution in [3.8, 4) is 0 Å². The molecule has 0 radical (unpaired) electrons. The van der Waals surface area contributed by atoms with Crippen molar-refractivity contribution in [2.45, 2.75) is 27.7 Å². The van der Waals surface area contributed by atoms with Gasteiger partial charge in [-0.1, -0.05) is 13.8 Å². The number of hydrogen-bond donors (Lipinski definition) is 3. The lowest BCUT2D eigenvalue weighted by Gasteiger charge is -1.86. The molecule has 0 aromatic rings. The highest BCUT2D eigenvalue weighted by molar-refractivity contribution is 5.62. The van der Waals surface area contributed by atoms with Crippen LogP contribution in [0.3, 0.4) is 0 Å². The van der Waals surface area contributed by atoms with Gasteiger partial charge in [-0.15, -0.1) is 0 Å². The Bertz CT molecular complexity index is 70.7. The molecule has 0 aromatic carbocycles. The van der Waals surface area contributed by atoms with E-state index in [-0.39, 0.29) is 6.61 Å². The molecule has 0 saturated heterocycles. The minimum Gasteiger partial charge on any atom is -0.481 e. The van der Waals surface area contributed by atoms with E-state index < -0.39 is 5.97 Å². The number of aliphatic hydroxyl groups excluding tert-OH is 1. The number of carboxylic acids is 1. The van der Waals surface area contributed by atoms with Gasteiger partial charge in [0.25, 0.3) is 5.97 Å². The Balaban J connectivity index is -0.000000105. The molecule has 0 aromatic heterocycles. The van der Waals surface area contributed by atoms with Gasteiger partial charge in [0.05, 0.1) is 0 Å². The maximum atomic E-state index is 9.00. The Morgan fingerprint density at radius 3 is 1.42 bits per heavy atom. The molecular weight excluding hydrogens is 158 g/mol. The third kappa shape index (κ3) is 342. The molecule has 3 N–H and O–H groups in total. The highest BCUT2D eigenvalue weighted by Gasteiger charge is 1.65. The van der Waals surface area contributed by atoms with E-state index in [1.54, 1.807) is 6.92 Å². The molecule has 0 bridgehead atoms. The summed E-state index contributed by atoms with van der Waals surface area (Å²) in [7, 11) is 0. The monoisotopic (exact) mass is 179 g/mol. The minimum atomic E-state index is -0.833. The summed E-state index contributed by atoms with van der Waals surface area (Å²) in [5, 5.41) is 18.1. The van der Waals surface area contributed by atoms with E-state index in [4.69, 9.17) is 15.0 Å². The Hall–Kier alpha value is -0.610. The summed E-state index contributed by atoms with van der Waals surface area (Å²) >= 11 is 0. The zero-order valence-corrected chi connectivity index (χ0v) is 8.42. The van der Waals surface area contributed by atoms with Crippen LogP contribution in [0, 0.1) is 0 Å². The highest BCUT2D eigenvalue weighted by atomic mass is 16.4. The normalized spacial score (nSPS) is 7.08. The molecule has 0 unspecified atom stereocenters. The van der Waals surface area contributed by atoms with Crippen LogP contribution in [0.25, 0.3) is 0 Å². The zero-order valence-electron chi connectivity index (χ0n) is 8.42. The average Bonchev–Trinajstić information content (AvgIpc) is 1.89. The second kappa shape index (κ2) is 22.4. The topological polar surface area (TPSA) is 69.6 Å². The summed E-state index contributed by atoms with van der Waals surface area (Å²) in [6.07, 6.45) is 0. The standard InChI is InChI=1S/C4H11N.C2H4O2.C2H6O/c1-3-5-4-2;1-2(3)4;1-2-3/h5H,3-4H2,1-2H3;1H3,(H,3,4);3H,2H2,1H3. The predicted octanol–water partition coefficient (Wildman–Crippen LogP) is 0.705. The second-order valence-electron chi connectivity index (χ2n) is 1.79. The van der Waals surface area contributed by atoms with Crippen molar-refractivity contribution in [3.63, 3.8) is 0 Å². The Morgan fingerprint density at radius 1 is 1.25 bits per heavy atom. The van der Waals surface area contributed by atoms with E-state index in [1.807, 2.05) is 0 Å². The van der Waals surface area contributed by atoms with Gasteiger partial charge in [-0.2, -0.15) is 0 Å². The second-order valence-corrected chi connectivity index (χ2v) is 1.79. The highest BCUT2D eigenvalue weighted by Crippen LogP contribution is 1.47. The fraction of sp³-hybridized carbons (Fsp3) is 0.875. The SMILES string of the molecule is CC(=O)O.CCNCC.CCO. The van der Waals surface area contributed by atoms with Crippen molar-refractivity contribution < 1.29 is 15.0 Å². The molecule has 76 valence electrons. The minimum absolute atomic E-state index is 0.250. The number of hydrogen-bond acceptors (Lipinski definition) is 3. The summed E-state index contributed by atoms with van der Waals surface area (Å²) in [6.45, 7) is 9.40.